The molecule has 82 valence electrons. The maximum Gasteiger partial charge on any atom is 0.333 e. The summed E-state index contributed by atoms with van der Waals surface area (Å²) in [5.74, 6) is -0.165. The van der Waals surface area contributed by atoms with Crippen LogP contribution in [0, 0.1) is 0 Å². The van der Waals surface area contributed by atoms with Gasteiger partial charge in [-0.1, -0.05) is 31.8 Å². The Bertz CT molecular complexity index is 200. The predicted octanol–water partition coefficient (Wildman–Crippen LogP) is 3.47. The molecule has 0 aromatic heterocycles. The first-order chi connectivity index (χ1) is 6.63. The number of unbranched alkanes of at least 4 members (excludes halogenated alkanes) is 3. The molecule has 0 aliphatic rings. The largest absolute Gasteiger partial charge is 0.466 e. The van der Waals surface area contributed by atoms with Crippen LogP contribution in [0.5, 0.6) is 0 Å². The van der Waals surface area contributed by atoms with Gasteiger partial charge in [0.1, 0.15) is 0 Å². The zero-order valence-electron chi connectivity index (χ0n) is 9.85. The second-order valence-electron chi connectivity index (χ2n) is 3.78. The summed E-state index contributed by atoms with van der Waals surface area (Å²) < 4.78 is 4.73. The molecule has 0 bridgehead atoms. The fourth-order valence-corrected chi connectivity index (χ4v) is 1.41. The third kappa shape index (κ3) is 5.05. The van der Waals surface area contributed by atoms with Crippen LogP contribution in [-0.2, 0) is 9.53 Å². The van der Waals surface area contributed by atoms with Gasteiger partial charge in [0.05, 0.1) is 7.11 Å². The molecule has 14 heavy (non-hydrogen) atoms. The average molecular weight is 198 g/mol. The number of hydrogen-bond donors (Lipinski definition) is 0. The van der Waals surface area contributed by atoms with Gasteiger partial charge in [0.2, 0.25) is 0 Å². The summed E-state index contributed by atoms with van der Waals surface area (Å²) in [7, 11) is 1.44. The second kappa shape index (κ2) is 7.60. The van der Waals surface area contributed by atoms with E-state index in [9.17, 15) is 4.79 Å². The molecule has 0 rings (SSSR count). The standard InChI is InChI=1S/C12H22O2/c1-5-6-7-8-9-11(10(2)3)12(13)14-4/h5-9H2,1-4H3. The van der Waals surface area contributed by atoms with Crippen molar-refractivity contribution >= 4 is 5.97 Å². The van der Waals surface area contributed by atoms with Crippen LogP contribution in [0.4, 0.5) is 0 Å². The fraction of sp³-hybridized carbons (Fsp3) is 0.750. The van der Waals surface area contributed by atoms with Crippen LogP contribution in [0.3, 0.4) is 0 Å². The summed E-state index contributed by atoms with van der Waals surface area (Å²) in [4.78, 5) is 11.3. The van der Waals surface area contributed by atoms with Crippen LogP contribution >= 0.6 is 0 Å². The number of ether oxygens (including phenoxy) is 1. The third-order valence-electron chi connectivity index (χ3n) is 2.32. The van der Waals surface area contributed by atoms with Crippen LogP contribution in [0.15, 0.2) is 11.1 Å². The van der Waals surface area contributed by atoms with Crippen LogP contribution < -0.4 is 0 Å². The lowest BCUT2D eigenvalue weighted by molar-refractivity contribution is -0.136. The van der Waals surface area contributed by atoms with Gasteiger partial charge < -0.3 is 4.74 Å². The highest BCUT2D eigenvalue weighted by molar-refractivity contribution is 5.89. The van der Waals surface area contributed by atoms with Crippen molar-refractivity contribution in [1.29, 1.82) is 0 Å². The minimum Gasteiger partial charge on any atom is -0.466 e. The Hall–Kier alpha value is -0.790. The van der Waals surface area contributed by atoms with Crippen molar-refractivity contribution in [3.8, 4) is 0 Å². The number of hydrogen-bond acceptors (Lipinski definition) is 2. The van der Waals surface area contributed by atoms with E-state index in [1.54, 1.807) is 0 Å². The van der Waals surface area contributed by atoms with Crippen molar-refractivity contribution in [3.05, 3.63) is 11.1 Å². The van der Waals surface area contributed by atoms with Gasteiger partial charge in [-0.2, -0.15) is 0 Å². The van der Waals surface area contributed by atoms with Crippen molar-refractivity contribution in [3.63, 3.8) is 0 Å². The van der Waals surface area contributed by atoms with Gasteiger partial charge in [0.25, 0.3) is 0 Å². The van der Waals surface area contributed by atoms with Gasteiger partial charge in [-0.3, -0.25) is 0 Å². The maximum absolute atomic E-state index is 11.3. The number of allylic oxidation sites excluding steroid dienone is 1. The van der Waals surface area contributed by atoms with Gasteiger partial charge in [-0.05, 0) is 26.7 Å². The molecular formula is C12H22O2. The van der Waals surface area contributed by atoms with E-state index in [2.05, 4.69) is 6.92 Å². The number of methoxy groups -OCH3 is 1. The van der Waals surface area contributed by atoms with Gasteiger partial charge in [-0.25, -0.2) is 4.79 Å². The molecule has 0 amide bonds. The number of rotatable bonds is 6. The molecule has 0 heterocycles. The molecule has 0 unspecified atom stereocenters. The number of carbonyl (C=O) groups is 1. The molecule has 0 N–H and O–H groups in total. The lowest BCUT2D eigenvalue weighted by Gasteiger charge is -2.07. The highest BCUT2D eigenvalue weighted by Crippen LogP contribution is 2.15. The van der Waals surface area contributed by atoms with Gasteiger partial charge in [-0.15, -0.1) is 0 Å². The first kappa shape index (κ1) is 13.2. The summed E-state index contributed by atoms with van der Waals surface area (Å²) in [6, 6.07) is 0. The highest BCUT2D eigenvalue weighted by Gasteiger charge is 2.10. The van der Waals surface area contributed by atoms with E-state index >= 15 is 0 Å². The summed E-state index contributed by atoms with van der Waals surface area (Å²) >= 11 is 0. The molecule has 0 aromatic rings. The lowest BCUT2D eigenvalue weighted by Crippen LogP contribution is -2.06. The molecule has 0 aliphatic carbocycles. The van der Waals surface area contributed by atoms with E-state index in [0.717, 1.165) is 24.0 Å². The van der Waals surface area contributed by atoms with Crippen LogP contribution in [0.25, 0.3) is 0 Å². The molecule has 0 spiro atoms. The summed E-state index contributed by atoms with van der Waals surface area (Å²) in [6.07, 6.45) is 5.61. The zero-order chi connectivity index (χ0) is 11.0. The lowest BCUT2D eigenvalue weighted by atomic mass is 10.0. The Labute approximate surface area is 87.3 Å². The molecule has 2 heteroatoms. The van der Waals surface area contributed by atoms with Crippen molar-refractivity contribution in [2.24, 2.45) is 0 Å². The van der Waals surface area contributed by atoms with Gasteiger partial charge >= 0.3 is 5.97 Å². The van der Waals surface area contributed by atoms with Crippen LogP contribution in [-0.4, -0.2) is 13.1 Å². The second-order valence-corrected chi connectivity index (χ2v) is 3.78. The monoisotopic (exact) mass is 198 g/mol. The third-order valence-corrected chi connectivity index (χ3v) is 2.32. The fourth-order valence-electron chi connectivity index (χ4n) is 1.41. The molecule has 0 aliphatic heterocycles. The molecule has 0 atom stereocenters. The normalized spacial score (nSPS) is 9.71. The van der Waals surface area contributed by atoms with Crippen LogP contribution in [0.2, 0.25) is 0 Å². The van der Waals surface area contributed by atoms with Crippen molar-refractivity contribution < 1.29 is 9.53 Å². The number of carbonyl (C=O) groups excluding carboxylic acids is 1. The van der Waals surface area contributed by atoms with E-state index in [1.807, 2.05) is 13.8 Å². The maximum atomic E-state index is 11.3. The van der Waals surface area contributed by atoms with Gasteiger partial charge in [0.15, 0.2) is 0 Å². The zero-order valence-corrected chi connectivity index (χ0v) is 9.85. The Morgan fingerprint density at radius 2 is 1.79 bits per heavy atom. The Morgan fingerprint density at radius 1 is 1.14 bits per heavy atom. The van der Waals surface area contributed by atoms with Crippen molar-refractivity contribution in [1.82, 2.24) is 0 Å². The first-order valence-corrected chi connectivity index (χ1v) is 5.38. The first-order valence-electron chi connectivity index (χ1n) is 5.38. The Balaban J connectivity index is 4.01. The minimum absolute atomic E-state index is 0.165. The van der Waals surface area contributed by atoms with E-state index in [0.29, 0.717) is 0 Å². The molecule has 0 saturated carbocycles. The van der Waals surface area contributed by atoms with E-state index in [1.165, 1.54) is 26.4 Å². The highest BCUT2D eigenvalue weighted by atomic mass is 16.5. The topological polar surface area (TPSA) is 26.3 Å². The van der Waals surface area contributed by atoms with E-state index < -0.39 is 0 Å². The SMILES string of the molecule is CCCCCCC(C(=O)OC)=C(C)C. The van der Waals surface area contributed by atoms with Crippen molar-refractivity contribution in [2.45, 2.75) is 52.9 Å². The summed E-state index contributed by atoms with van der Waals surface area (Å²) in [5, 5.41) is 0. The molecule has 0 aromatic carbocycles. The summed E-state index contributed by atoms with van der Waals surface area (Å²) in [5.41, 5.74) is 1.93. The Morgan fingerprint density at radius 3 is 2.21 bits per heavy atom. The molecular weight excluding hydrogens is 176 g/mol. The van der Waals surface area contributed by atoms with Crippen molar-refractivity contribution in [2.75, 3.05) is 7.11 Å². The smallest absolute Gasteiger partial charge is 0.333 e. The van der Waals surface area contributed by atoms with Gasteiger partial charge in [0, 0.05) is 5.57 Å². The van der Waals surface area contributed by atoms with E-state index in [4.69, 9.17) is 4.74 Å². The summed E-state index contributed by atoms with van der Waals surface area (Å²) in [6.45, 7) is 6.11. The van der Waals surface area contributed by atoms with E-state index in [-0.39, 0.29) is 5.97 Å². The molecule has 2 nitrogen and oxygen atoms in total. The van der Waals surface area contributed by atoms with Crippen LogP contribution in [0.1, 0.15) is 52.9 Å². The minimum atomic E-state index is -0.165. The average Bonchev–Trinajstić information content (AvgIpc) is 2.16. The predicted molar refractivity (Wildman–Crippen MR) is 59.1 cm³/mol. The Kier molecular flexibility index (Phi) is 7.17. The quantitative estimate of drug-likeness (QED) is 0.371. The molecule has 0 saturated heterocycles. The number of esters is 1. The molecule has 0 fully saturated rings. The molecule has 0 radical (unpaired) electrons.